The van der Waals surface area contributed by atoms with Crippen molar-refractivity contribution < 1.29 is 9.18 Å². The van der Waals surface area contributed by atoms with Gasteiger partial charge in [-0.2, -0.15) is 0 Å². The zero-order chi connectivity index (χ0) is 18.3. The zero-order valence-corrected chi connectivity index (χ0v) is 15.4. The fourth-order valence-corrected chi connectivity index (χ4v) is 4.27. The van der Waals surface area contributed by atoms with Gasteiger partial charge in [-0.3, -0.25) is 4.79 Å². The zero-order valence-electron chi connectivity index (χ0n) is 14.6. The van der Waals surface area contributed by atoms with Crippen LogP contribution in [0.2, 0.25) is 0 Å². The second kappa shape index (κ2) is 6.64. The second-order valence-electron chi connectivity index (χ2n) is 6.59. The van der Waals surface area contributed by atoms with Gasteiger partial charge in [-0.25, -0.2) is 14.4 Å². The normalized spacial score (nSPS) is 17.3. The Morgan fingerprint density at radius 2 is 2.04 bits per heavy atom. The van der Waals surface area contributed by atoms with Crippen molar-refractivity contribution in [1.29, 1.82) is 0 Å². The number of fused-ring (bicyclic) bond motifs is 1. The first-order valence-corrected chi connectivity index (χ1v) is 9.41. The molecule has 1 unspecified atom stereocenters. The van der Waals surface area contributed by atoms with Crippen LogP contribution >= 0.6 is 11.3 Å². The molecule has 0 saturated carbocycles. The van der Waals surface area contributed by atoms with Crippen molar-refractivity contribution in [2.75, 3.05) is 11.9 Å². The van der Waals surface area contributed by atoms with Gasteiger partial charge in [0.05, 0.1) is 5.39 Å². The van der Waals surface area contributed by atoms with E-state index < -0.39 is 0 Å². The first kappa shape index (κ1) is 16.9. The number of hydrogen-bond donors (Lipinski definition) is 1. The van der Waals surface area contributed by atoms with Gasteiger partial charge in [-0.05, 0) is 48.9 Å². The predicted molar refractivity (Wildman–Crippen MR) is 101 cm³/mol. The van der Waals surface area contributed by atoms with Crippen LogP contribution in [0.5, 0.6) is 0 Å². The van der Waals surface area contributed by atoms with E-state index in [2.05, 4.69) is 20.7 Å². The molecule has 1 aliphatic rings. The van der Waals surface area contributed by atoms with Gasteiger partial charge >= 0.3 is 0 Å². The number of benzene rings is 1. The number of amides is 1. The third kappa shape index (κ3) is 3.14. The van der Waals surface area contributed by atoms with Gasteiger partial charge in [0.25, 0.3) is 0 Å². The third-order valence-corrected chi connectivity index (χ3v) is 5.61. The molecule has 1 aromatic carbocycles. The SMILES string of the molecule is Cc1nc(NC2CCN(Cc3ccc(F)cc3)C2=O)c2c(C)csc2n1. The van der Waals surface area contributed by atoms with Crippen molar-refractivity contribution in [2.45, 2.75) is 32.9 Å². The minimum absolute atomic E-state index is 0.0478. The molecule has 2 aromatic heterocycles. The van der Waals surface area contributed by atoms with Crippen LogP contribution in [0.25, 0.3) is 10.2 Å². The van der Waals surface area contributed by atoms with Crippen LogP contribution in [0.4, 0.5) is 10.2 Å². The summed E-state index contributed by atoms with van der Waals surface area (Å²) >= 11 is 1.59. The van der Waals surface area contributed by atoms with Crippen molar-refractivity contribution in [3.8, 4) is 0 Å². The summed E-state index contributed by atoms with van der Waals surface area (Å²) in [7, 11) is 0. The van der Waals surface area contributed by atoms with E-state index in [9.17, 15) is 9.18 Å². The molecule has 5 nitrogen and oxygen atoms in total. The number of hydrogen-bond acceptors (Lipinski definition) is 5. The number of halogens is 1. The van der Waals surface area contributed by atoms with E-state index in [0.717, 1.165) is 27.2 Å². The molecule has 1 amide bonds. The number of likely N-dealkylation sites (tertiary alicyclic amines) is 1. The number of aromatic nitrogens is 2. The molecule has 1 fully saturated rings. The smallest absolute Gasteiger partial charge is 0.245 e. The van der Waals surface area contributed by atoms with E-state index >= 15 is 0 Å². The maximum Gasteiger partial charge on any atom is 0.245 e. The van der Waals surface area contributed by atoms with Crippen LogP contribution in [0, 0.1) is 19.7 Å². The van der Waals surface area contributed by atoms with Gasteiger partial charge in [0.15, 0.2) is 0 Å². The topological polar surface area (TPSA) is 58.1 Å². The highest BCUT2D eigenvalue weighted by molar-refractivity contribution is 7.17. The van der Waals surface area contributed by atoms with Gasteiger partial charge in [-0.1, -0.05) is 12.1 Å². The van der Waals surface area contributed by atoms with Gasteiger partial charge in [0.1, 0.15) is 28.3 Å². The fourth-order valence-electron chi connectivity index (χ4n) is 3.30. The van der Waals surface area contributed by atoms with Crippen molar-refractivity contribution >= 4 is 33.3 Å². The Hall–Kier alpha value is -2.54. The lowest BCUT2D eigenvalue weighted by Crippen LogP contribution is -2.33. The van der Waals surface area contributed by atoms with E-state index in [1.165, 1.54) is 12.1 Å². The van der Waals surface area contributed by atoms with E-state index in [1.807, 2.05) is 13.8 Å². The molecule has 1 aliphatic heterocycles. The van der Waals surface area contributed by atoms with Crippen molar-refractivity contribution in [2.24, 2.45) is 0 Å². The summed E-state index contributed by atoms with van der Waals surface area (Å²) in [5.41, 5.74) is 2.04. The summed E-state index contributed by atoms with van der Waals surface area (Å²) in [6, 6.07) is 5.98. The van der Waals surface area contributed by atoms with Crippen LogP contribution in [-0.4, -0.2) is 33.4 Å². The average molecular weight is 370 g/mol. The largest absolute Gasteiger partial charge is 0.358 e. The maximum atomic E-state index is 13.0. The van der Waals surface area contributed by atoms with E-state index in [0.29, 0.717) is 25.3 Å². The Morgan fingerprint density at radius 3 is 2.81 bits per heavy atom. The fraction of sp³-hybridized carbons (Fsp3) is 0.316. The Bertz CT molecular complexity index is 970. The Kier molecular flexibility index (Phi) is 4.32. The molecule has 7 heteroatoms. The molecular weight excluding hydrogens is 351 g/mol. The molecule has 0 aliphatic carbocycles. The third-order valence-electron chi connectivity index (χ3n) is 4.62. The standard InChI is InChI=1S/C19H19FN4OS/c1-11-10-26-18-16(11)17(21-12(2)22-18)23-15-7-8-24(19(15)25)9-13-3-5-14(20)6-4-13/h3-6,10,15H,7-9H2,1-2H3,(H,21,22,23). The van der Waals surface area contributed by atoms with Gasteiger partial charge in [-0.15, -0.1) is 11.3 Å². The minimum Gasteiger partial charge on any atom is -0.358 e. The molecule has 3 aromatic rings. The first-order chi connectivity index (χ1) is 12.5. The second-order valence-corrected chi connectivity index (χ2v) is 7.45. The van der Waals surface area contributed by atoms with Crippen molar-refractivity contribution in [3.05, 3.63) is 52.4 Å². The molecular formula is C19H19FN4OS. The summed E-state index contributed by atoms with van der Waals surface area (Å²) < 4.78 is 13.0. The van der Waals surface area contributed by atoms with Crippen molar-refractivity contribution in [1.82, 2.24) is 14.9 Å². The number of anilines is 1. The summed E-state index contributed by atoms with van der Waals surface area (Å²) in [4.78, 5) is 24.5. The highest BCUT2D eigenvalue weighted by atomic mass is 32.1. The monoisotopic (exact) mass is 370 g/mol. The van der Waals surface area contributed by atoms with Gasteiger partial charge < -0.3 is 10.2 Å². The molecule has 1 atom stereocenters. The molecule has 1 N–H and O–H groups in total. The minimum atomic E-state index is -0.299. The number of carbonyl (C=O) groups excluding carboxylic acids is 1. The van der Waals surface area contributed by atoms with E-state index in [4.69, 9.17) is 0 Å². The summed E-state index contributed by atoms with van der Waals surface area (Å²) in [5, 5.41) is 6.38. The van der Waals surface area contributed by atoms with E-state index in [1.54, 1.807) is 28.4 Å². The lowest BCUT2D eigenvalue weighted by Gasteiger charge is -2.18. The summed E-state index contributed by atoms with van der Waals surface area (Å²) in [5.74, 6) is 1.20. The molecule has 1 saturated heterocycles. The molecule has 0 radical (unpaired) electrons. The number of carbonyl (C=O) groups is 1. The quantitative estimate of drug-likeness (QED) is 0.761. The number of aryl methyl sites for hydroxylation is 2. The van der Waals surface area contributed by atoms with Crippen LogP contribution in [-0.2, 0) is 11.3 Å². The van der Waals surface area contributed by atoms with Crippen LogP contribution in [0.1, 0.15) is 23.4 Å². The van der Waals surface area contributed by atoms with Crippen LogP contribution in [0.3, 0.4) is 0 Å². The molecule has 134 valence electrons. The molecule has 0 spiro atoms. The van der Waals surface area contributed by atoms with Crippen LogP contribution < -0.4 is 5.32 Å². The first-order valence-electron chi connectivity index (χ1n) is 8.53. The summed E-state index contributed by atoms with van der Waals surface area (Å²) in [6.07, 6.45) is 0.716. The highest BCUT2D eigenvalue weighted by Crippen LogP contribution is 2.30. The lowest BCUT2D eigenvalue weighted by molar-refractivity contribution is -0.128. The van der Waals surface area contributed by atoms with Gasteiger partial charge in [0, 0.05) is 13.1 Å². The van der Waals surface area contributed by atoms with Crippen molar-refractivity contribution in [3.63, 3.8) is 0 Å². The maximum absolute atomic E-state index is 13.0. The predicted octanol–water partition coefficient (Wildman–Crippen LogP) is 3.66. The molecule has 4 rings (SSSR count). The Labute approximate surface area is 154 Å². The molecule has 3 heterocycles. The van der Waals surface area contributed by atoms with Crippen LogP contribution in [0.15, 0.2) is 29.6 Å². The summed E-state index contributed by atoms with van der Waals surface area (Å²) in [6.45, 7) is 5.05. The Balaban J connectivity index is 1.52. The number of nitrogens with zero attached hydrogens (tertiary/aromatic N) is 3. The number of rotatable bonds is 4. The van der Waals surface area contributed by atoms with Gasteiger partial charge in [0.2, 0.25) is 5.91 Å². The number of thiophene rings is 1. The molecule has 0 bridgehead atoms. The molecule has 26 heavy (non-hydrogen) atoms. The number of nitrogens with one attached hydrogen (secondary N) is 1. The average Bonchev–Trinajstić information content (AvgIpc) is 3.14. The Morgan fingerprint density at radius 1 is 1.27 bits per heavy atom. The van der Waals surface area contributed by atoms with E-state index in [-0.39, 0.29) is 17.8 Å². The highest BCUT2D eigenvalue weighted by Gasteiger charge is 2.32. The lowest BCUT2D eigenvalue weighted by atomic mass is 10.2.